The van der Waals surface area contributed by atoms with Crippen LogP contribution in [0.3, 0.4) is 0 Å². The Kier molecular flexibility index (Phi) is 2.75. The average Bonchev–Trinajstić information content (AvgIpc) is 2.78. The van der Waals surface area contributed by atoms with Gasteiger partial charge in [0.05, 0.1) is 17.8 Å². The van der Waals surface area contributed by atoms with E-state index in [2.05, 4.69) is 20.6 Å². The molecule has 0 aromatic carbocycles. The first-order chi connectivity index (χ1) is 9.15. The predicted octanol–water partition coefficient (Wildman–Crippen LogP) is -0.0610. The van der Waals surface area contributed by atoms with Gasteiger partial charge >= 0.3 is 0 Å². The van der Waals surface area contributed by atoms with Crippen LogP contribution < -0.4 is 11.1 Å². The molecule has 2 aromatic rings. The van der Waals surface area contributed by atoms with E-state index in [1.165, 1.54) is 0 Å². The van der Waals surface area contributed by atoms with E-state index < -0.39 is 0 Å². The van der Waals surface area contributed by atoms with Gasteiger partial charge in [-0.2, -0.15) is 0 Å². The van der Waals surface area contributed by atoms with Crippen LogP contribution in [0.2, 0.25) is 0 Å². The van der Waals surface area contributed by atoms with Crippen molar-refractivity contribution in [2.75, 3.05) is 18.8 Å². The second-order valence-electron chi connectivity index (χ2n) is 4.67. The normalized spacial score (nSPS) is 15.2. The molecule has 1 aliphatic rings. The van der Waals surface area contributed by atoms with Gasteiger partial charge in [-0.25, -0.2) is 9.67 Å². The lowest BCUT2D eigenvalue weighted by molar-refractivity contribution is 0.103. The number of hydrogen-bond acceptors (Lipinski definition) is 6. The Morgan fingerprint density at radius 1 is 1.53 bits per heavy atom. The van der Waals surface area contributed by atoms with Crippen molar-refractivity contribution in [3.63, 3.8) is 0 Å². The molecule has 0 atom stereocenters. The number of ketones is 1. The molecule has 0 spiro atoms. The highest BCUT2D eigenvalue weighted by Gasteiger charge is 2.23. The first kappa shape index (κ1) is 11.8. The van der Waals surface area contributed by atoms with E-state index in [9.17, 15) is 4.79 Å². The second kappa shape index (κ2) is 4.43. The molecule has 0 amide bonds. The highest BCUT2D eigenvalue weighted by molar-refractivity contribution is 6.10. The number of nitrogens with two attached hydrogens (primary N) is 1. The van der Waals surface area contributed by atoms with Gasteiger partial charge in [-0.3, -0.25) is 4.79 Å². The van der Waals surface area contributed by atoms with Crippen LogP contribution in [0.15, 0.2) is 18.5 Å². The SMILES string of the molecule is Cc1cnc(N)c(C(=O)c2cn(C3CNC3)nn2)c1. The number of carbonyl (C=O) groups is 1. The quantitative estimate of drug-likeness (QED) is 0.748. The molecule has 0 unspecified atom stereocenters. The molecule has 3 N–H and O–H groups in total. The largest absolute Gasteiger partial charge is 0.383 e. The number of nitrogen functional groups attached to an aromatic ring is 1. The van der Waals surface area contributed by atoms with E-state index in [0.717, 1.165) is 18.7 Å². The predicted molar refractivity (Wildman–Crippen MR) is 68.7 cm³/mol. The number of aryl methyl sites for hydroxylation is 1. The van der Waals surface area contributed by atoms with E-state index in [4.69, 9.17) is 5.73 Å². The Labute approximate surface area is 109 Å². The van der Waals surface area contributed by atoms with Gasteiger partial charge in [0, 0.05) is 19.3 Å². The summed E-state index contributed by atoms with van der Waals surface area (Å²) >= 11 is 0. The standard InChI is InChI=1S/C12H14N6O/c1-7-2-9(12(13)15-3-7)11(19)10-6-18(17-16-10)8-4-14-5-8/h2-3,6,8,14H,4-5H2,1H3,(H2,13,15). The molecule has 0 aliphatic carbocycles. The number of nitrogens with zero attached hydrogens (tertiary/aromatic N) is 4. The van der Waals surface area contributed by atoms with Crippen LogP contribution in [0.1, 0.15) is 27.7 Å². The monoisotopic (exact) mass is 258 g/mol. The first-order valence-corrected chi connectivity index (χ1v) is 6.04. The van der Waals surface area contributed by atoms with Crippen molar-refractivity contribution in [2.45, 2.75) is 13.0 Å². The second-order valence-corrected chi connectivity index (χ2v) is 4.67. The Morgan fingerprint density at radius 2 is 2.32 bits per heavy atom. The summed E-state index contributed by atoms with van der Waals surface area (Å²) in [6, 6.07) is 2.00. The topological polar surface area (TPSA) is 98.7 Å². The van der Waals surface area contributed by atoms with Crippen LogP contribution in [-0.2, 0) is 0 Å². The Morgan fingerprint density at radius 3 is 3.00 bits per heavy atom. The summed E-state index contributed by atoms with van der Waals surface area (Å²) in [5.74, 6) is -0.0253. The molecule has 19 heavy (non-hydrogen) atoms. The van der Waals surface area contributed by atoms with Crippen molar-refractivity contribution in [2.24, 2.45) is 0 Å². The zero-order chi connectivity index (χ0) is 13.4. The highest BCUT2D eigenvalue weighted by atomic mass is 16.1. The van der Waals surface area contributed by atoms with Gasteiger partial charge in [0.2, 0.25) is 5.78 Å². The number of pyridine rings is 1. The summed E-state index contributed by atoms with van der Waals surface area (Å²) in [4.78, 5) is 16.3. The van der Waals surface area contributed by atoms with E-state index >= 15 is 0 Å². The molecule has 0 saturated carbocycles. The Balaban J connectivity index is 1.90. The van der Waals surface area contributed by atoms with Crippen molar-refractivity contribution in [1.82, 2.24) is 25.3 Å². The third kappa shape index (κ3) is 2.08. The van der Waals surface area contributed by atoms with Crippen LogP contribution in [-0.4, -0.2) is 38.9 Å². The molecule has 7 nitrogen and oxygen atoms in total. The minimum atomic E-state index is -0.243. The number of nitrogens with one attached hydrogen (secondary N) is 1. The van der Waals surface area contributed by atoms with Crippen molar-refractivity contribution in [1.29, 1.82) is 0 Å². The number of rotatable bonds is 3. The van der Waals surface area contributed by atoms with Gasteiger partial charge in [-0.15, -0.1) is 5.10 Å². The van der Waals surface area contributed by atoms with E-state index in [-0.39, 0.29) is 17.6 Å². The lowest BCUT2D eigenvalue weighted by Gasteiger charge is -2.26. The van der Waals surface area contributed by atoms with Gasteiger partial charge in [0.15, 0.2) is 5.69 Å². The molecule has 2 aromatic heterocycles. The van der Waals surface area contributed by atoms with Gasteiger partial charge in [0.1, 0.15) is 5.82 Å². The summed E-state index contributed by atoms with van der Waals surface area (Å²) in [5.41, 5.74) is 7.29. The van der Waals surface area contributed by atoms with Crippen molar-refractivity contribution < 1.29 is 4.79 Å². The molecule has 98 valence electrons. The third-order valence-corrected chi connectivity index (χ3v) is 3.18. The maximum Gasteiger partial charge on any atom is 0.218 e. The molecule has 3 heterocycles. The summed E-state index contributed by atoms with van der Waals surface area (Å²) in [6.07, 6.45) is 3.29. The summed E-state index contributed by atoms with van der Waals surface area (Å²) in [6.45, 7) is 3.57. The lowest BCUT2D eigenvalue weighted by Crippen LogP contribution is -2.43. The summed E-state index contributed by atoms with van der Waals surface area (Å²) in [7, 11) is 0. The molecular formula is C12H14N6O. The number of carbonyl (C=O) groups excluding carboxylic acids is 1. The van der Waals surface area contributed by atoms with Crippen LogP contribution >= 0.6 is 0 Å². The third-order valence-electron chi connectivity index (χ3n) is 3.18. The number of aromatic nitrogens is 4. The Bertz CT molecular complexity index is 631. The average molecular weight is 258 g/mol. The van der Waals surface area contributed by atoms with Crippen LogP contribution in [0, 0.1) is 6.92 Å². The molecule has 1 fully saturated rings. The van der Waals surface area contributed by atoms with Crippen LogP contribution in [0.5, 0.6) is 0 Å². The van der Waals surface area contributed by atoms with Crippen LogP contribution in [0.25, 0.3) is 0 Å². The molecule has 1 saturated heterocycles. The van der Waals surface area contributed by atoms with Crippen LogP contribution in [0.4, 0.5) is 5.82 Å². The van der Waals surface area contributed by atoms with Gasteiger partial charge in [-0.1, -0.05) is 5.21 Å². The lowest BCUT2D eigenvalue weighted by atomic mass is 10.1. The fourth-order valence-corrected chi connectivity index (χ4v) is 1.92. The fraction of sp³-hybridized carbons (Fsp3) is 0.333. The molecule has 0 bridgehead atoms. The number of anilines is 1. The van der Waals surface area contributed by atoms with E-state index in [0.29, 0.717) is 11.3 Å². The van der Waals surface area contributed by atoms with Crippen molar-refractivity contribution in [3.05, 3.63) is 35.3 Å². The molecule has 1 aliphatic heterocycles. The molecular weight excluding hydrogens is 244 g/mol. The molecule has 0 radical (unpaired) electrons. The maximum atomic E-state index is 12.3. The molecule has 7 heteroatoms. The zero-order valence-electron chi connectivity index (χ0n) is 10.5. The minimum absolute atomic E-state index is 0.218. The van der Waals surface area contributed by atoms with E-state index in [1.54, 1.807) is 23.1 Å². The fourth-order valence-electron chi connectivity index (χ4n) is 1.92. The van der Waals surface area contributed by atoms with Crippen molar-refractivity contribution >= 4 is 11.6 Å². The highest BCUT2D eigenvalue weighted by Crippen LogP contribution is 2.16. The van der Waals surface area contributed by atoms with Gasteiger partial charge in [-0.05, 0) is 18.6 Å². The van der Waals surface area contributed by atoms with Gasteiger partial charge in [0.25, 0.3) is 0 Å². The summed E-state index contributed by atoms with van der Waals surface area (Å²) < 4.78 is 1.71. The van der Waals surface area contributed by atoms with E-state index in [1.807, 2.05) is 6.92 Å². The van der Waals surface area contributed by atoms with Crippen molar-refractivity contribution in [3.8, 4) is 0 Å². The number of hydrogen-bond donors (Lipinski definition) is 2. The smallest absolute Gasteiger partial charge is 0.218 e. The summed E-state index contributed by atoms with van der Waals surface area (Å²) in [5, 5.41) is 11.0. The maximum absolute atomic E-state index is 12.3. The minimum Gasteiger partial charge on any atom is -0.383 e. The first-order valence-electron chi connectivity index (χ1n) is 6.04. The zero-order valence-corrected chi connectivity index (χ0v) is 10.5. The Hall–Kier alpha value is -2.28. The molecule has 3 rings (SSSR count). The van der Waals surface area contributed by atoms with Gasteiger partial charge < -0.3 is 11.1 Å².